The molecule has 10 nitrogen and oxygen atoms in total. The minimum atomic E-state index is -5.19. The van der Waals surface area contributed by atoms with Crippen LogP contribution in [0.25, 0.3) is 22.2 Å². The van der Waals surface area contributed by atoms with Crippen molar-refractivity contribution in [2.75, 3.05) is 27.2 Å². The molecule has 1 saturated carbocycles. The molecule has 5 rings (SSSR count). The number of carboxylic acids is 3. The standard InChI is InChI=1S/C28H35N3O3.2C2HF3O2/c1-30(2)24(15-29)20-16-31-23-14-19(28(32)33)12-13-21(23)26(18-8-4-3-5-9-18)27(31)22-10-6-7-11-25(22)34-17-20;2*3-2(4,5)1(6)7/h6-7,10-14,18,20,24H,3-5,8-9,15-17,29H2,1-2H3,(H,32,33);2*(H,6,7). The van der Waals surface area contributed by atoms with E-state index >= 15 is 0 Å². The van der Waals surface area contributed by atoms with Gasteiger partial charge < -0.3 is 44.8 Å². The van der Waals surface area contributed by atoms with Crippen LogP contribution in [0, 0.1) is 5.92 Å². The first kappa shape index (κ1) is 38.1. The zero-order valence-corrected chi connectivity index (χ0v) is 26.2. The zero-order valence-electron chi connectivity index (χ0n) is 26.2. The molecule has 0 spiro atoms. The summed E-state index contributed by atoms with van der Waals surface area (Å²) in [6.07, 6.45) is -4.23. The summed E-state index contributed by atoms with van der Waals surface area (Å²) in [5, 5.41) is 28.5. The van der Waals surface area contributed by atoms with E-state index in [9.17, 15) is 36.2 Å². The third-order valence-corrected chi connectivity index (χ3v) is 8.46. The van der Waals surface area contributed by atoms with E-state index in [1.54, 1.807) is 6.07 Å². The highest BCUT2D eigenvalue weighted by Gasteiger charge is 2.35. The lowest BCUT2D eigenvalue weighted by molar-refractivity contribution is -0.897. The zero-order chi connectivity index (χ0) is 36.0. The number of aromatic carboxylic acids is 1. The first-order valence-electron chi connectivity index (χ1n) is 15.2. The summed E-state index contributed by atoms with van der Waals surface area (Å²) in [6.45, 7) is 2.24. The number of halogens is 6. The van der Waals surface area contributed by atoms with Gasteiger partial charge in [0.25, 0.3) is 0 Å². The van der Waals surface area contributed by atoms with Crippen LogP contribution < -0.4 is 25.6 Å². The van der Waals surface area contributed by atoms with Gasteiger partial charge in [-0.25, -0.2) is 4.79 Å². The number of fused-ring (bicyclic) bond motifs is 5. The van der Waals surface area contributed by atoms with Crippen LogP contribution >= 0.6 is 0 Å². The molecule has 0 bridgehead atoms. The minimum absolute atomic E-state index is 0.262. The van der Waals surface area contributed by atoms with E-state index in [-0.39, 0.29) is 5.92 Å². The van der Waals surface area contributed by atoms with Gasteiger partial charge in [-0.3, -0.25) is 0 Å². The smallest absolute Gasteiger partial charge is 0.430 e. The highest BCUT2D eigenvalue weighted by atomic mass is 19.4. The van der Waals surface area contributed by atoms with E-state index < -0.39 is 30.3 Å². The van der Waals surface area contributed by atoms with Crippen molar-refractivity contribution in [2.24, 2.45) is 5.92 Å². The Bertz CT molecular complexity index is 1570. The maximum absolute atomic E-state index is 11.9. The van der Waals surface area contributed by atoms with Crippen molar-refractivity contribution in [1.82, 2.24) is 4.57 Å². The number of hydrogen-bond donors (Lipinski definition) is 3. The molecule has 48 heavy (non-hydrogen) atoms. The predicted molar refractivity (Wildman–Crippen MR) is 156 cm³/mol. The first-order chi connectivity index (χ1) is 22.4. The molecule has 264 valence electrons. The van der Waals surface area contributed by atoms with Crippen molar-refractivity contribution in [1.29, 1.82) is 0 Å². The van der Waals surface area contributed by atoms with Gasteiger partial charge in [0.15, 0.2) is 0 Å². The number of carbonyl (C=O) groups excluding carboxylic acids is 2. The SMILES string of the molecule is C[NH+](C)C(C[NH3+])C1COc2ccccc2-c2c(C3CCCCC3)c3ccc(C(=O)O)cc3n2C1.O=C([O-])C(F)(F)F.O=C([O-])C(F)(F)F. The number of para-hydroxylation sites is 1. The minimum Gasteiger partial charge on any atom is -0.542 e. The first-order valence-corrected chi connectivity index (χ1v) is 15.2. The van der Waals surface area contributed by atoms with Gasteiger partial charge in [-0.05, 0) is 48.6 Å². The average molecular weight is 690 g/mol. The summed E-state index contributed by atoms with van der Waals surface area (Å²) >= 11 is 0. The van der Waals surface area contributed by atoms with Crippen LogP contribution in [0.3, 0.4) is 0 Å². The van der Waals surface area contributed by atoms with E-state index in [1.807, 2.05) is 12.1 Å². The highest BCUT2D eigenvalue weighted by molar-refractivity contribution is 5.98. The third kappa shape index (κ3) is 9.18. The topological polar surface area (TPSA) is 164 Å². The Balaban J connectivity index is 0.000000376. The fourth-order valence-corrected chi connectivity index (χ4v) is 6.31. The Morgan fingerprint density at radius 2 is 1.54 bits per heavy atom. The highest BCUT2D eigenvalue weighted by Crippen LogP contribution is 2.47. The number of aliphatic carboxylic acids is 2. The van der Waals surface area contributed by atoms with Crippen molar-refractivity contribution < 1.29 is 71.4 Å². The van der Waals surface area contributed by atoms with Gasteiger partial charge in [0.2, 0.25) is 0 Å². The monoisotopic (exact) mass is 689 g/mol. The van der Waals surface area contributed by atoms with Gasteiger partial charge in [-0.1, -0.05) is 37.5 Å². The number of rotatable bonds is 5. The molecule has 1 aliphatic carbocycles. The molecule has 1 aliphatic heterocycles. The molecule has 1 fully saturated rings. The van der Waals surface area contributed by atoms with E-state index in [0.717, 1.165) is 29.9 Å². The van der Waals surface area contributed by atoms with Crippen LogP contribution in [0.4, 0.5) is 26.3 Å². The van der Waals surface area contributed by atoms with Gasteiger partial charge in [0.05, 0.1) is 37.9 Å². The molecular formula is C32H37F6N3O7. The van der Waals surface area contributed by atoms with Crippen molar-refractivity contribution >= 4 is 28.8 Å². The van der Waals surface area contributed by atoms with Crippen molar-refractivity contribution in [3.63, 3.8) is 0 Å². The quantitative estimate of drug-likeness (QED) is 0.341. The number of likely N-dealkylation sites (N-methyl/N-ethyl adjacent to an activating group) is 1. The number of alkyl halides is 6. The van der Waals surface area contributed by atoms with Crippen LogP contribution in [-0.4, -0.2) is 73.2 Å². The molecule has 16 heteroatoms. The van der Waals surface area contributed by atoms with Crippen LogP contribution in [0.2, 0.25) is 0 Å². The summed E-state index contributed by atoms with van der Waals surface area (Å²) in [7, 11) is 4.38. The molecule has 2 atom stereocenters. The van der Waals surface area contributed by atoms with Crippen LogP contribution in [0.5, 0.6) is 5.75 Å². The second-order valence-electron chi connectivity index (χ2n) is 11.9. The van der Waals surface area contributed by atoms with Gasteiger partial charge in [-0.2, -0.15) is 26.3 Å². The summed E-state index contributed by atoms with van der Waals surface area (Å²) in [4.78, 5) is 30.8. The number of nitrogens with zero attached hydrogens (tertiary/aromatic N) is 1. The number of ether oxygens (including phenoxy) is 1. The molecule has 3 aromatic rings. The number of carboxylic acid groups (broad SMARTS) is 3. The number of nitrogens with one attached hydrogen (secondary N) is 1. The number of quaternary nitrogens is 2. The lowest BCUT2D eigenvalue weighted by Crippen LogP contribution is -3.13. The predicted octanol–water partition coefficient (Wildman–Crippen LogP) is 1.42. The Morgan fingerprint density at radius 3 is 2.04 bits per heavy atom. The number of aromatic nitrogens is 1. The fourth-order valence-electron chi connectivity index (χ4n) is 6.31. The Kier molecular flexibility index (Phi) is 12.5. The normalized spacial score (nSPS) is 17.2. The summed E-state index contributed by atoms with van der Waals surface area (Å²) in [6, 6.07) is 14.4. The Hall–Kier alpha value is -4.31. The van der Waals surface area contributed by atoms with Gasteiger partial charge in [0.1, 0.15) is 30.3 Å². The lowest BCUT2D eigenvalue weighted by Gasteiger charge is -2.31. The number of carbonyl (C=O) groups is 3. The largest absolute Gasteiger partial charge is 0.542 e. The van der Waals surface area contributed by atoms with Gasteiger partial charge >= 0.3 is 18.3 Å². The summed E-state index contributed by atoms with van der Waals surface area (Å²) in [5.74, 6) is -5.23. The molecule has 1 aromatic heterocycles. The molecule has 5 N–H and O–H groups in total. The summed E-state index contributed by atoms with van der Waals surface area (Å²) in [5.41, 5.74) is 9.36. The van der Waals surface area contributed by atoms with Crippen molar-refractivity contribution in [3.05, 3.63) is 53.6 Å². The molecule has 0 amide bonds. The van der Waals surface area contributed by atoms with Crippen LogP contribution in [0.1, 0.15) is 53.9 Å². The molecular weight excluding hydrogens is 652 g/mol. The molecule has 2 unspecified atom stereocenters. The van der Waals surface area contributed by atoms with E-state index in [1.165, 1.54) is 53.6 Å². The van der Waals surface area contributed by atoms with E-state index in [0.29, 0.717) is 24.1 Å². The second-order valence-corrected chi connectivity index (χ2v) is 11.9. The maximum atomic E-state index is 11.9. The second kappa shape index (κ2) is 15.7. The molecule has 2 aromatic carbocycles. The lowest BCUT2D eigenvalue weighted by atomic mass is 9.81. The molecule has 0 radical (unpaired) electrons. The summed E-state index contributed by atoms with van der Waals surface area (Å²) < 4.78 is 72.0. The van der Waals surface area contributed by atoms with Gasteiger partial charge in [0, 0.05) is 23.0 Å². The van der Waals surface area contributed by atoms with E-state index in [4.69, 9.17) is 24.5 Å². The molecule has 2 aliphatic rings. The maximum Gasteiger partial charge on any atom is 0.430 e. The van der Waals surface area contributed by atoms with Crippen molar-refractivity contribution in [2.45, 2.75) is 63.0 Å². The third-order valence-electron chi connectivity index (χ3n) is 8.46. The fraction of sp³-hybridized carbons (Fsp3) is 0.469. The number of benzene rings is 2. The average Bonchev–Trinajstić information content (AvgIpc) is 3.31. The van der Waals surface area contributed by atoms with Crippen LogP contribution in [0.15, 0.2) is 42.5 Å². The number of hydrogen-bond acceptors (Lipinski definition) is 6. The Morgan fingerprint density at radius 1 is 0.979 bits per heavy atom. The Labute approximate surface area is 271 Å². The van der Waals surface area contributed by atoms with E-state index in [2.05, 4.69) is 48.7 Å². The van der Waals surface area contributed by atoms with Crippen LogP contribution in [-0.2, 0) is 16.1 Å². The molecule has 2 heterocycles. The molecule has 0 saturated heterocycles. The van der Waals surface area contributed by atoms with Gasteiger partial charge in [-0.15, -0.1) is 0 Å². The van der Waals surface area contributed by atoms with Crippen molar-refractivity contribution in [3.8, 4) is 17.0 Å².